The van der Waals surface area contributed by atoms with Crippen molar-refractivity contribution in [2.75, 3.05) is 18.6 Å². The van der Waals surface area contributed by atoms with Crippen molar-refractivity contribution in [3.8, 4) is 6.01 Å². The molecule has 0 fully saturated rings. The van der Waals surface area contributed by atoms with Gasteiger partial charge in [0.25, 0.3) is 0 Å². The molecule has 2 aromatic rings. The van der Waals surface area contributed by atoms with Crippen molar-refractivity contribution in [1.29, 1.82) is 0 Å². The van der Waals surface area contributed by atoms with Gasteiger partial charge in [-0.2, -0.15) is 18.2 Å². The molecule has 0 radical (unpaired) electrons. The summed E-state index contributed by atoms with van der Waals surface area (Å²) in [5, 5.41) is 0. The average molecular weight is 367 g/mol. The van der Waals surface area contributed by atoms with Gasteiger partial charge in [-0.05, 0) is 36.5 Å². The van der Waals surface area contributed by atoms with Crippen molar-refractivity contribution >= 4 is 11.5 Å². The van der Waals surface area contributed by atoms with E-state index >= 15 is 0 Å². The first-order chi connectivity index (χ1) is 12.3. The van der Waals surface area contributed by atoms with E-state index in [0.29, 0.717) is 24.6 Å². The Morgan fingerprint density at radius 2 is 1.81 bits per heavy atom. The summed E-state index contributed by atoms with van der Waals surface area (Å²) in [5.41, 5.74) is 0.868. The van der Waals surface area contributed by atoms with Crippen molar-refractivity contribution < 1.29 is 17.9 Å². The van der Waals surface area contributed by atoms with Crippen LogP contribution in [-0.4, -0.2) is 23.6 Å². The molecule has 1 atom stereocenters. The topological polar surface area (TPSA) is 38.2 Å². The van der Waals surface area contributed by atoms with Gasteiger partial charge in [-0.3, -0.25) is 0 Å². The van der Waals surface area contributed by atoms with E-state index < -0.39 is 11.7 Å². The minimum atomic E-state index is -4.55. The number of aromatic nitrogens is 2. The number of nitrogens with zero attached hydrogens (tertiary/aromatic N) is 3. The summed E-state index contributed by atoms with van der Waals surface area (Å²) in [7, 11) is 1.55. The largest absolute Gasteiger partial charge is 0.463 e. The Kier molecular flexibility index (Phi) is 6.45. The van der Waals surface area contributed by atoms with Gasteiger partial charge in [0.05, 0.1) is 6.61 Å². The van der Waals surface area contributed by atoms with Crippen molar-refractivity contribution in [1.82, 2.24) is 9.97 Å². The zero-order valence-corrected chi connectivity index (χ0v) is 15.5. The minimum absolute atomic E-state index is 0.0575. The van der Waals surface area contributed by atoms with E-state index in [2.05, 4.69) is 23.8 Å². The van der Waals surface area contributed by atoms with Crippen molar-refractivity contribution in [3.63, 3.8) is 0 Å². The van der Waals surface area contributed by atoms with E-state index in [9.17, 15) is 13.2 Å². The lowest BCUT2D eigenvalue weighted by atomic mass is 9.98. The van der Waals surface area contributed by atoms with Gasteiger partial charge in [-0.15, -0.1) is 0 Å². The van der Waals surface area contributed by atoms with E-state index in [-0.39, 0.29) is 11.8 Å². The normalized spacial score (nSPS) is 12.7. The van der Waals surface area contributed by atoms with Crippen LogP contribution in [0.2, 0.25) is 0 Å². The Morgan fingerprint density at radius 3 is 2.35 bits per heavy atom. The fourth-order valence-corrected chi connectivity index (χ4v) is 2.46. The van der Waals surface area contributed by atoms with Crippen LogP contribution in [0.15, 0.2) is 30.5 Å². The molecule has 0 bridgehead atoms. The van der Waals surface area contributed by atoms with Crippen LogP contribution in [0.1, 0.15) is 50.7 Å². The molecule has 0 aliphatic heterocycles. The molecule has 7 heteroatoms. The van der Waals surface area contributed by atoms with Crippen molar-refractivity contribution in [2.45, 2.75) is 45.7 Å². The maximum atomic E-state index is 13.4. The number of anilines is 2. The first-order valence-corrected chi connectivity index (χ1v) is 8.68. The lowest BCUT2D eigenvalue weighted by Crippen LogP contribution is -2.19. The highest BCUT2D eigenvalue weighted by atomic mass is 19.4. The van der Waals surface area contributed by atoms with Crippen LogP contribution < -0.4 is 9.64 Å². The van der Waals surface area contributed by atoms with E-state index in [1.165, 1.54) is 4.90 Å². The predicted octanol–water partition coefficient (Wildman–Crippen LogP) is 5.57. The van der Waals surface area contributed by atoms with E-state index in [1.54, 1.807) is 19.2 Å². The zero-order chi connectivity index (χ0) is 19.3. The number of ether oxygens (including phenoxy) is 1. The number of halogens is 3. The Balaban J connectivity index is 2.40. The highest BCUT2D eigenvalue weighted by molar-refractivity contribution is 5.63. The van der Waals surface area contributed by atoms with E-state index in [1.807, 2.05) is 19.1 Å². The third-order valence-electron chi connectivity index (χ3n) is 4.27. The number of benzene rings is 1. The molecule has 4 nitrogen and oxygen atoms in total. The van der Waals surface area contributed by atoms with Crippen LogP contribution in [0, 0.1) is 0 Å². The monoisotopic (exact) mass is 367 g/mol. The highest BCUT2D eigenvalue weighted by Gasteiger charge is 2.36. The Hall–Kier alpha value is -2.31. The second kappa shape index (κ2) is 8.38. The van der Waals surface area contributed by atoms with Crippen LogP contribution >= 0.6 is 0 Å². The minimum Gasteiger partial charge on any atom is -0.463 e. The fourth-order valence-electron chi connectivity index (χ4n) is 2.46. The van der Waals surface area contributed by atoms with Gasteiger partial charge in [-0.1, -0.05) is 32.9 Å². The average Bonchev–Trinajstić information content (AvgIpc) is 2.64. The molecule has 1 aromatic carbocycles. The summed E-state index contributed by atoms with van der Waals surface area (Å²) in [6.45, 7) is 6.45. The molecule has 1 heterocycles. The van der Waals surface area contributed by atoms with Gasteiger partial charge in [0.15, 0.2) is 5.82 Å². The van der Waals surface area contributed by atoms with Gasteiger partial charge >= 0.3 is 12.2 Å². The van der Waals surface area contributed by atoms with E-state index in [4.69, 9.17) is 4.74 Å². The Bertz CT molecular complexity index is 717. The molecular weight excluding hydrogens is 343 g/mol. The van der Waals surface area contributed by atoms with Gasteiger partial charge in [-0.25, -0.2) is 4.98 Å². The molecule has 142 valence electrons. The maximum absolute atomic E-state index is 13.4. The SMILES string of the molecule is CCCOc1ncc(C(F)(F)F)c(N(C)c2ccc(C(C)CC)cc2)n1. The highest BCUT2D eigenvalue weighted by Crippen LogP contribution is 2.38. The first kappa shape index (κ1) is 20.0. The smallest absolute Gasteiger partial charge is 0.421 e. The summed E-state index contributed by atoms with van der Waals surface area (Å²) in [6.07, 6.45) is -2.06. The summed E-state index contributed by atoms with van der Waals surface area (Å²) in [4.78, 5) is 9.09. The maximum Gasteiger partial charge on any atom is 0.421 e. The molecule has 26 heavy (non-hydrogen) atoms. The number of rotatable bonds is 7. The summed E-state index contributed by atoms with van der Waals surface area (Å²) >= 11 is 0. The van der Waals surface area contributed by atoms with Gasteiger partial charge in [0.1, 0.15) is 5.56 Å². The molecule has 0 N–H and O–H groups in total. The molecule has 0 amide bonds. The van der Waals surface area contributed by atoms with E-state index in [0.717, 1.165) is 18.2 Å². The molecule has 0 saturated heterocycles. The number of hydrogen-bond acceptors (Lipinski definition) is 4. The molecular formula is C19H24F3N3O. The quantitative estimate of drug-likeness (QED) is 0.642. The molecule has 2 rings (SSSR count). The molecule has 0 aliphatic rings. The van der Waals surface area contributed by atoms with Crippen molar-refractivity contribution in [3.05, 3.63) is 41.6 Å². The molecule has 0 aliphatic carbocycles. The van der Waals surface area contributed by atoms with Gasteiger partial charge < -0.3 is 9.64 Å². The lowest BCUT2D eigenvalue weighted by Gasteiger charge is -2.23. The standard InChI is InChI=1S/C19H24F3N3O/c1-5-11-26-18-23-12-16(19(20,21)22)17(24-18)25(4)15-9-7-14(8-10-15)13(3)6-2/h7-10,12-13H,5-6,11H2,1-4H3. The summed E-state index contributed by atoms with van der Waals surface area (Å²) in [5.74, 6) is 0.170. The molecule has 1 unspecified atom stereocenters. The van der Waals surface area contributed by atoms with Crippen LogP contribution in [-0.2, 0) is 6.18 Å². The van der Waals surface area contributed by atoms with Crippen molar-refractivity contribution in [2.24, 2.45) is 0 Å². The lowest BCUT2D eigenvalue weighted by molar-refractivity contribution is -0.137. The summed E-state index contributed by atoms with van der Waals surface area (Å²) in [6, 6.07) is 7.41. The van der Waals surface area contributed by atoms with Crippen LogP contribution in [0.4, 0.5) is 24.7 Å². The molecule has 0 saturated carbocycles. The van der Waals surface area contributed by atoms with Gasteiger partial charge in [0.2, 0.25) is 0 Å². The van der Waals surface area contributed by atoms with Crippen LogP contribution in [0.5, 0.6) is 6.01 Å². The predicted molar refractivity (Wildman–Crippen MR) is 96.0 cm³/mol. The number of hydrogen-bond donors (Lipinski definition) is 0. The van der Waals surface area contributed by atoms with Gasteiger partial charge in [0, 0.05) is 18.9 Å². The third-order valence-corrected chi connectivity index (χ3v) is 4.27. The second-order valence-corrected chi connectivity index (χ2v) is 6.20. The Morgan fingerprint density at radius 1 is 1.15 bits per heavy atom. The molecule has 0 spiro atoms. The molecule has 1 aromatic heterocycles. The third kappa shape index (κ3) is 4.65. The second-order valence-electron chi connectivity index (χ2n) is 6.20. The van der Waals surface area contributed by atoms with Crippen LogP contribution in [0.3, 0.4) is 0 Å². The first-order valence-electron chi connectivity index (χ1n) is 8.68. The fraction of sp³-hybridized carbons (Fsp3) is 0.474. The zero-order valence-electron chi connectivity index (χ0n) is 15.5. The summed E-state index contributed by atoms with van der Waals surface area (Å²) < 4.78 is 45.4. The Labute approximate surface area is 152 Å². The number of alkyl halides is 3. The van der Waals surface area contributed by atoms with Crippen LogP contribution in [0.25, 0.3) is 0 Å².